The first-order chi connectivity index (χ1) is 7.67. The van der Waals surface area contributed by atoms with Crippen LogP contribution in [0.2, 0.25) is 0 Å². The zero-order valence-electron chi connectivity index (χ0n) is 9.53. The summed E-state index contributed by atoms with van der Waals surface area (Å²) in [6, 6.07) is 5.32. The number of carboxylic acid groups (broad SMARTS) is 1. The molecule has 0 saturated heterocycles. The number of carbonyl (C=O) groups is 1. The zero-order chi connectivity index (χ0) is 11.7. The number of aromatic nitrogens is 1. The van der Waals surface area contributed by atoms with Gasteiger partial charge in [0.15, 0.2) is 0 Å². The molecule has 0 aliphatic rings. The zero-order valence-corrected chi connectivity index (χ0v) is 9.53. The van der Waals surface area contributed by atoms with E-state index in [0.29, 0.717) is 5.56 Å². The van der Waals surface area contributed by atoms with Crippen LogP contribution in [0.3, 0.4) is 0 Å². The average Bonchev–Trinajstić information content (AvgIpc) is 2.65. The maximum atomic E-state index is 10.9. The van der Waals surface area contributed by atoms with Crippen LogP contribution in [0.5, 0.6) is 0 Å². The predicted octanol–water partition coefficient (Wildman–Crippen LogP) is 2.92. The van der Waals surface area contributed by atoms with Gasteiger partial charge in [0.2, 0.25) is 0 Å². The number of rotatable bonds is 3. The first-order valence-electron chi connectivity index (χ1n) is 5.52. The van der Waals surface area contributed by atoms with Gasteiger partial charge in [0.25, 0.3) is 0 Å². The molecule has 3 heteroatoms. The van der Waals surface area contributed by atoms with Gasteiger partial charge in [0.1, 0.15) is 0 Å². The molecule has 0 fully saturated rings. The van der Waals surface area contributed by atoms with Crippen molar-refractivity contribution in [3.8, 4) is 0 Å². The van der Waals surface area contributed by atoms with Crippen LogP contribution in [0.1, 0.15) is 29.8 Å². The second-order valence-electron chi connectivity index (χ2n) is 3.83. The van der Waals surface area contributed by atoms with Crippen molar-refractivity contribution < 1.29 is 9.90 Å². The number of aromatic carboxylic acids is 1. The van der Waals surface area contributed by atoms with E-state index in [1.807, 2.05) is 6.07 Å². The fourth-order valence-electron chi connectivity index (χ4n) is 2.05. The highest BCUT2D eigenvalue weighted by Gasteiger charge is 2.09. The van der Waals surface area contributed by atoms with E-state index in [4.69, 9.17) is 5.11 Å². The van der Waals surface area contributed by atoms with Crippen molar-refractivity contribution in [1.29, 1.82) is 0 Å². The van der Waals surface area contributed by atoms with Crippen molar-refractivity contribution in [3.05, 3.63) is 35.5 Å². The summed E-state index contributed by atoms with van der Waals surface area (Å²) in [5, 5.41) is 10.0. The molecule has 3 nitrogen and oxygen atoms in total. The lowest BCUT2D eigenvalue weighted by Crippen LogP contribution is -1.96. The summed E-state index contributed by atoms with van der Waals surface area (Å²) in [4.78, 5) is 10.9. The van der Waals surface area contributed by atoms with Crippen LogP contribution in [0, 0.1) is 0 Å². The van der Waals surface area contributed by atoms with Crippen molar-refractivity contribution >= 4 is 16.9 Å². The van der Waals surface area contributed by atoms with Crippen molar-refractivity contribution in [2.75, 3.05) is 0 Å². The Morgan fingerprint density at radius 2 is 2.12 bits per heavy atom. The topological polar surface area (TPSA) is 42.2 Å². The lowest BCUT2D eigenvalue weighted by molar-refractivity contribution is 0.0697. The van der Waals surface area contributed by atoms with E-state index in [2.05, 4.69) is 24.6 Å². The minimum atomic E-state index is -0.867. The van der Waals surface area contributed by atoms with Crippen molar-refractivity contribution in [2.45, 2.75) is 26.8 Å². The molecule has 0 atom stereocenters. The molecule has 0 spiro atoms. The summed E-state index contributed by atoms with van der Waals surface area (Å²) < 4.78 is 2.15. The molecule has 0 aliphatic carbocycles. The van der Waals surface area contributed by atoms with Gasteiger partial charge >= 0.3 is 5.97 Å². The Hall–Kier alpha value is -1.77. The first kappa shape index (κ1) is 10.7. The molecule has 0 bridgehead atoms. The molecule has 84 valence electrons. The molecule has 0 saturated carbocycles. The predicted molar refractivity (Wildman–Crippen MR) is 63.9 cm³/mol. The van der Waals surface area contributed by atoms with Crippen LogP contribution in [-0.2, 0) is 13.0 Å². The van der Waals surface area contributed by atoms with E-state index in [9.17, 15) is 4.79 Å². The molecule has 0 amide bonds. The summed E-state index contributed by atoms with van der Waals surface area (Å²) in [6.07, 6.45) is 3.03. The summed E-state index contributed by atoms with van der Waals surface area (Å²) in [5.41, 5.74) is 2.68. The van der Waals surface area contributed by atoms with E-state index in [1.165, 1.54) is 5.56 Å². The molecule has 1 heterocycles. The lowest BCUT2D eigenvalue weighted by atomic mass is 10.1. The standard InChI is InChI=1S/C13H15NO2/c1-3-9-8-14(4-2)12-6-5-10(13(15)16)7-11(9)12/h5-8H,3-4H2,1-2H3,(H,15,16). The minimum absolute atomic E-state index is 0.357. The number of aryl methyl sites for hydroxylation is 2. The van der Waals surface area contributed by atoms with Gasteiger partial charge in [-0.05, 0) is 37.1 Å². The lowest BCUT2D eigenvalue weighted by Gasteiger charge is -2.00. The van der Waals surface area contributed by atoms with Gasteiger partial charge in [0, 0.05) is 23.6 Å². The number of carboxylic acids is 1. The van der Waals surface area contributed by atoms with E-state index >= 15 is 0 Å². The first-order valence-corrected chi connectivity index (χ1v) is 5.52. The third kappa shape index (κ3) is 1.58. The molecule has 2 aromatic rings. The van der Waals surface area contributed by atoms with Gasteiger partial charge in [-0.3, -0.25) is 0 Å². The Morgan fingerprint density at radius 3 is 2.69 bits per heavy atom. The summed E-state index contributed by atoms with van der Waals surface area (Å²) in [7, 11) is 0. The maximum Gasteiger partial charge on any atom is 0.335 e. The molecule has 2 rings (SSSR count). The molecular formula is C13H15NO2. The Kier molecular flexibility index (Phi) is 2.69. The van der Waals surface area contributed by atoms with Gasteiger partial charge in [-0.2, -0.15) is 0 Å². The van der Waals surface area contributed by atoms with E-state index in [-0.39, 0.29) is 0 Å². The highest BCUT2D eigenvalue weighted by Crippen LogP contribution is 2.23. The molecular weight excluding hydrogens is 202 g/mol. The summed E-state index contributed by atoms with van der Waals surface area (Å²) in [5.74, 6) is -0.867. The van der Waals surface area contributed by atoms with Crippen LogP contribution in [0.25, 0.3) is 10.9 Å². The molecule has 0 radical (unpaired) electrons. The number of benzene rings is 1. The normalized spacial score (nSPS) is 10.9. The fourth-order valence-corrected chi connectivity index (χ4v) is 2.05. The molecule has 1 N–H and O–H groups in total. The quantitative estimate of drug-likeness (QED) is 0.858. The van der Waals surface area contributed by atoms with Crippen LogP contribution in [-0.4, -0.2) is 15.6 Å². The largest absolute Gasteiger partial charge is 0.478 e. The van der Waals surface area contributed by atoms with E-state index in [1.54, 1.807) is 12.1 Å². The smallest absolute Gasteiger partial charge is 0.335 e. The van der Waals surface area contributed by atoms with Crippen molar-refractivity contribution in [3.63, 3.8) is 0 Å². The van der Waals surface area contributed by atoms with Crippen LogP contribution >= 0.6 is 0 Å². The Labute approximate surface area is 94.3 Å². The Bertz CT molecular complexity index is 540. The van der Waals surface area contributed by atoms with Gasteiger partial charge in [-0.15, -0.1) is 0 Å². The fraction of sp³-hybridized carbons (Fsp3) is 0.308. The Morgan fingerprint density at radius 1 is 1.38 bits per heavy atom. The second kappa shape index (κ2) is 4.00. The number of fused-ring (bicyclic) bond motifs is 1. The number of hydrogen-bond acceptors (Lipinski definition) is 1. The van der Waals surface area contributed by atoms with Crippen LogP contribution in [0.15, 0.2) is 24.4 Å². The van der Waals surface area contributed by atoms with Crippen LogP contribution < -0.4 is 0 Å². The average molecular weight is 217 g/mol. The minimum Gasteiger partial charge on any atom is -0.478 e. The molecule has 0 aliphatic heterocycles. The summed E-state index contributed by atoms with van der Waals surface area (Å²) >= 11 is 0. The third-order valence-electron chi connectivity index (χ3n) is 2.93. The third-order valence-corrected chi connectivity index (χ3v) is 2.93. The highest BCUT2D eigenvalue weighted by molar-refractivity contribution is 5.95. The van der Waals surface area contributed by atoms with Crippen molar-refractivity contribution in [1.82, 2.24) is 4.57 Å². The second-order valence-corrected chi connectivity index (χ2v) is 3.83. The number of nitrogens with zero attached hydrogens (tertiary/aromatic N) is 1. The summed E-state index contributed by atoms with van der Waals surface area (Å²) in [6.45, 7) is 5.08. The molecule has 0 unspecified atom stereocenters. The van der Waals surface area contributed by atoms with E-state index < -0.39 is 5.97 Å². The monoisotopic (exact) mass is 217 g/mol. The van der Waals surface area contributed by atoms with Crippen LogP contribution in [0.4, 0.5) is 0 Å². The SMILES string of the molecule is CCc1cn(CC)c2ccc(C(=O)O)cc12. The van der Waals surface area contributed by atoms with Gasteiger partial charge in [0.05, 0.1) is 5.56 Å². The van der Waals surface area contributed by atoms with Gasteiger partial charge in [-0.1, -0.05) is 6.92 Å². The Balaban J connectivity index is 2.71. The highest BCUT2D eigenvalue weighted by atomic mass is 16.4. The van der Waals surface area contributed by atoms with Gasteiger partial charge in [-0.25, -0.2) is 4.79 Å². The molecule has 1 aromatic carbocycles. The van der Waals surface area contributed by atoms with Gasteiger partial charge < -0.3 is 9.67 Å². The van der Waals surface area contributed by atoms with Crippen molar-refractivity contribution in [2.24, 2.45) is 0 Å². The van der Waals surface area contributed by atoms with E-state index in [0.717, 1.165) is 23.9 Å². The molecule has 1 aromatic heterocycles. The number of hydrogen-bond donors (Lipinski definition) is 1. The molecule has 16 heavy (non-hydrogen) atoms. The maximum absolute atomic E-state index is 10.9.